The second kappa shape index (κ2) is 10.5. The summed E-state index contributed by atoms with van der Waals surface area (Å²) in [5, 5.41) is 0. The van der Waals surface area contributed by atoms with Gasteiger partial charge < -0.3 is 9.15 Å². The smallest absolute Gasteiger partial charge is 0.224 e. The van der Waals surface area contributed by atoms with Gasteiger partial charge in [-0.15, -0.1) is 0 Å². The molecule has 0 aliphatic carbocycles. The van der Waals surface area contributed by atoms with Gasteiger partial charge in [0.2, 0.25) is 5.88 Å². The van der Waals surface area contributed by atoms with Crippen molar-refractivity contribution in [2.45, 2.75) is 48.0 Å². The molecule has 0 aromatic carbocycles. The normalized spacial score (nSPS) is 11.7. The summed E-state index contributed by atoms with van der Waals surface area (Å²) < 4.78 is 11.5. The van der Waals surface area contributed by atoms with Crippen LogP contribution < -0.4 is 4.74 Å². The van der Waals surface area contributed by atoms with Crippen LogP contribution in [0.1, 0.15) is 46.9 Å². The lowest BCUT2D eigenvalue weighted by Crippen LogP contribution is -2.12. The van der Waals surface area contributed by atoms with Crippen LogP contribution in [0.15, 0.2) is 41.5 Å². The number of nitrogens with zero attached hydrogens (tertiary/aromatic N) is 4. The molecule has 3 aromatic rings. The third-order valence-corrected chi connectivity index (χ3v) is 4.00. The van der Waals surface area contributed by atoms with Crippen molar-refractivity contribution in [1.29, 1.82) is 0 Å². The molecule has 0 spiro atoms. The van der Waals surface area contributed by atoms with E-state index in [2.05, 4.69) is 40.7 Å². The van der Waals surface area contributed by atoms with Gasteiger partial charge in [-0.1, -0.05) is 34.6 Å². The van der Waals surface area contributed by atoms with E-state index in [9.17, 15) is 0 Å². The van der Waals surface area contributed by atoms with E-state index in [1.54, 1.807) is 18.6 Å². The van der Waals surface area contributed by atoms with Crippen molar-refractivity contribution in [3.8, 4) is 28.5 Å². The fourth-order valence-corrected chi connectivity index (χ4v) is 2.94. The molecule has 1 atom stereocenters. The van der Waals surface area contributed by atoms with Gasteiger partial charge in [0.05, 0.1) is 24.1 Å². The van der Waals surface area contributed by atoms with Crippen molar-refractivity contribution in [3.63, 3.8) is 0 Å². The van der Waals surface area contributed by atoms with Crippen molar-refractivity contribution in [1.82, 2.24) is 19.9 Å². The number of rotatable bonds is 7. The Kier molecular flexibility index (Phi) is 8.11. The Balaban J connectivity index is 0.00000136. The molecular weight excluding hydrogens is 352 g/mol. The molecule has 0 aliphatic rings. The predicted octanol–water partition coefficient (Wildman–Crippen LogP) is 5.59. The molecular formula is C22H30N4O2. The first-order valence-electron chi connectivity index (χ1n) is 9.84. The van der Waals surface area contributed by atoms with Crippen molar-refractivity contribution < 1.29 is 9.15 Å². The molecule has 0 saturated carbocycles. The van der Waals surface area contributed by atoms with Crippen LogP contribution in [0.5, 0.6) is 5.88 Å². The second-order valence-corrected chi connectivity index (χ2v) is 6.98. The third kappa shape index (κ3) is 5.87. The van der Waals surface area contributed by atoms with Crippen LogP contribution in [0.2, 0.25) is 0 Å². The molecule has 0 saturated heterocycles. The van der Waals surface area contributed by atoms with E-state index in [0.717, 1.165) is 23.2 Å². The average Bonchev–Trinajstić information content (AvgIpc) is 3.22. The minimum Gasteiger partial charge on any atom is -0.477 e. The number of pyridine rings is 1. The average molecular weight is 383 g/mol. The summed E-state index contributed by atoms with van der Waals surface area (Å²) in [5.74, 6) is 2.97. The molecule has 0 aliphatic heterocycles. The zero-order valence-corrected chi connectivity index (χ0v) is 17.6. The van der Waals surface area contributed by atoms with Crippen LogP contribution in [0, 0.1) is 18.8 Å². The summed E-state index contributed by atoms with van der Waals surface area (Å²) in [6.45, 7) is 13.1. The Hall–Kier alpha value is -2.76. The van der Waals surface area contributed by atoms with Crippen molar-refractivity contribution in [3.05, 3.63) is 42.9 Å². The minimum absolute atomic E-state index is 0.448. The zero-order chi connectivity index (χ0) is 20.5. The highest BCUT2D eigenvalue weighted by atomic mass is 16.5. The molecule has 3 rings (SSSR count). The fraction of sp³-hybridized carbons (Fsp3) is 0.455. The Morgan fingerprint density at radius 1 is 1.11 bits per heavy atom. The summed E-state index contributed by atoms with van der Waals surface area (Å²) in [6.07, 6.45) is 7.68. The van der Waals surface area contributed by atoms with Crippen LogP contribution in [-0.2, 0) is 0 Å². The molecule has 0 fully saturated rings. The van der Waals surface area contributed by atoms with E-state index in [-0.39, 0.29) is 0 Å². The van der Waals surface area contributed by atoms with Crippen LogP contribution in [-0.4, -0.2) is 26.5 Å². The lowest BCUT2D eigenvalue weighted by molar-refractivity contribution is 0.232. The van der Waals surface area contributed by atoms with Crippen LogP contribution in [0.4, 0.5) is 0 Å². The second-order valence-electron chi connectivity index (χ2n) is 6.98. The Morgan fingerprint density at radius 3 is 2.54 bits per heavy atom. The van der Waals surface area contributed by atoms with E-state index in [1.807, 2.05) is 32.9 Å². The van der Waals surface area contributed by atoms with Gasteiger partial charge in [-0.2, -0.15) is 0 Å². The number of ether oxygens (including phenoxy) is 1. The standard InChI is InChI=1S/C20H24N4O2.C2H6/c1-13(2)7-14(3)11-25-20-17(19-10-21-12-26-19)8-16(9-23-20)18-5-6-22-15(4)24-18;1-2/h5-6,8-10,12-14H,7,11H2,1-4H3;1-2H3. The maximum absolute atomic E-state index is 6.01. The Labute approximate surface area is 167 Å². The summed E-state index contributed by atoms with van der Waals surface area (Å²) >= 11 is 0. The molecule has 3 heterocycles. The summed E-state index contributed by atoms with van der Waals surface area (Å²) in [4.78, 5) is 17.1. The van der Waals surface area contributed by atoms with Gasteiger partial charge in [0.15, 0.2) is 12.2 Å². The van der Waals surface area contributed by atoms with E-state index in [4.69, 9.17) is 9.15 Å². The highest BCUT2D eigenvalue weighted by molar-refractivity contribution is 5.71. The van der Waals surface area contributed by atoms with Gasteiger partial charge in [0.1, 0.15) is 5.82 Å². The Bertz CT molecular complexity index is 848. The maximum atomic E-state index is 6.01. The van der Waals surface area contributed by atoms with E-state index >= 15 is 0 Å². The molecule has 28 heavy (non-hydrogen) atoms. The summed E-state index contributed by atoms with van der Waals surface area (Å²) in [7, 11) is 0. The molecule has 6 nitrogen and oxygen atoms in total. The number of aryl methyl sites for hydroxylation is 1. The van der Waals surface area contributed by atoms with Gasteiger partial charge in [-0.25, -0.2) is 19.9 Å². The molecule has 0 radical (unpaired) electrons. The van der Waals surface area contributed by atoms with Gasteiger partial charge in [-0.3, -0.25) is 0 Å². The predicted molar refractivity (Wildman–Crippen MR) is 111 cm³/mol. The van der Waals surface area contributed by atoms with Gasteiger partial charge in [0.25, 0.3) is 0 Å². The van der Waals surface area contributed by atoms with E-state index in [0.29, 0.717) is 35.9 Å². The first kappa shape index (κ1) is 21.5. The SMILES string of the molecule is CC.Cc1nccc(-c2cnc(OCC(C)CC(C)C)c(-c3cnco3)c2)n1. The van der Waals surface area contributed by atoms with Crippen LogP contribution in [0.25, 0.3) is 22.6 Å². The lowest BCUT2D eigenvalue weighted by atomic mass is 10.00. The third-order valence-electron chi connectivity index (χ3n) is 4.00. The van der Waals surface area contributed by atoms with Crippen LogP contribution in [0.3, 0.4) is 0 Å². The topological polar surface area (TPSA) is 73.9 Å². The van der Waals surface area contributed by atoms with Gasteiger partial charge >= 0.3 is 0 Å². The molecule has 1 unspecified atom stereocenters. The zero-order valence-electron chi connectivity index (χ0n) is 17.6. The number of oxazole rings is 1. The van der Waals surface area contributed by atoms with E-state index < -0.39 is 0 Å². The largest absolute Gasteiger partial charge is 0.477 e. The lowest BCUT2D eigenvalue weighted by Gasteiger charge is -2.16. The molecule has 0 bridgehead atoms. The molecule has 6 heteroatoms. The van der Waals surface area contributed by atoms with Crippen molar-refractivity contribution in [2.24, 2.45) is 11.8 Å². The first-order valence-corrected chi connectivity index (χ1v) is 9.84. The van der Waals surface area contributed by atoms with Crippen LogP contribution >= 0.6 is 0 Å². The van der Waals surface area contributed by atoms with Crippen molar-refractivity contribution in [2.75, 3.05) is 6.61 Å². The molecule has 0 N–H and O–H groups in total. The summed E-state index contributed by atoms with van der Waals surface area (Å²) in [5.41, 5.74) is 2.46. The first-order chi connectivity index (χ1) is 13.5. The maximum Gasteiger partial charge on any atom is 0.224 e. The molecule has 0 amide bonds. The summed E-state index contributed by atoms with van der Waals surface area (Å²) in [6, 6.07) is 3.83. The number of aromatic nitrogens is 4. The van der Waals surface area contributed by atoms with E-state index in [1.165, 1.54) is 6.39 Å². The monoisotopic (exact) mass is 382 g/mol. The minimum atomic E-state index is 0.448. The highest BCUT2D eigenvalue weighted by Crippen LogP contribution is 2.32. The van der Waals surface area contributed by atoms with Gasteiger partial charge in [-0.05, 0) is 37.3 Å². The Morgan fingerprint density at radius 2 is 1.89 bits per heavy atom. The quantitative estimate of drug-likeness (QED) is 0.530. The fourth-order valence-electron chi connectivity index (χ4n) is 2.94. The number of hydrogen-bond acceptors (Lipinski definition) is 6. The number of hydrogen-bond donors (Lipinski definition) is 0. The van der Waals surface area contributed by atoms with Crippen molar-refractivity contribution >= 4 is 0 Å². The van der Waals surface area contributed by atoms with Gasteiger partial charge in [0, 0.05) is 18.0 Å². The molecule has 3 aromatic heterocycles. The highest BCUT2D eigenvalue weighted by Gasteiger charge is 2.15. The molecule has 150 valence electrons.